The molecule has 0 saturated carbocycles. The van der Waals surface area contributed by atoms with Crippen molar-refractivity contribution in [1.29, 1.82) is 5.26 Å². The number of nitriles is 1. The molecule has 6 rings (SSSR count). The van der Waals surface area contributed by atoms with Crippen LogP contribution in [-0.4, -0.2) is 86.8 Å². The predicted molar refractivity (Wildman–Crippen MR) is 143 cm³/mol. The molecule has 11 heteroatoms. The number of hydrogen-bond acceptors (Lipinski definition) is 8. The first-order chi connectivity index (χ1) is 18.1. The van der Waals surface area contributed by atoms with Crippen molar-refractivity contribution < 1.29 is 9.84 Å². The number of pyridine rings is 1. The smallest absolute Gasteiger partial charge is 0.171 e. The second kappa shape index (κ2) is 9.87. The van der Waals surface area contributed by atoms with Crippen LogP contribution in [0, 0.1) is 18.3 Å². The first-order valence-corrected chi connectivity index (χ1v) is 13.2. The monoisotopic (exact) mass is 562 g/mol. The summed E-state index contributed by atoms with van der Waals surface area (Å²) in [5.41, 5.74) is 6.15. The van der Waals surface area contributed by atoms with E-state index in [-0.39, 0.29) is 12.3 Å². The summed E-state index contributed by atoms with van der Waals surface area (Å²) in [6, 6.07) is 10.8. The van der Waals surface area contributed by atoms with Crippen LogP contribution in [0.3, 0.4) is 0 Å². The van der Waals surface area contributed by atoms with E-state index in [1.165, 1.54) is 0 Å². The maximum atomic E-state index is 9.60. The van der Waals surface area contributed by atoms with Gasteiger partial charge >= 0.3 is 0 Å². The number of halogens is 1. The van der Waals surface area contributed by atoms with Gasteiger partial charge in [-0.25, -0.2) is 9.97 Å². The number of aryl methyl sites for hydroxylation is 1. The van der Waals surface area contributed by atoms with Crippen LogP contribution < -0.4 is 4.90 Å². The quantitative estimate of drug-likeness (QED) is 0.368. The summed E-state index contributed by atoms with van der Waals surface area (Å²) in [7, 11) is 0. The highest BCUT2D eigenvalue weighted by molar-refractivity contribution is 9.10. The first kappa shape index (κ1) is 24.1. The van der Waals surface area contributed by atoms with Gasteiger partial charge in [0.2, 0.25) is 0 Å². The van der Waals surface area contributed by atoms with Gasteiger partial charge in [0.05, 0.1) is 47.2 Å². The lowest BCUT2D eigenvalue weighted by molar-refractivity contribution is -0.0660. The summed E-state index contributed by atoms with van der Waals surface area (Å²) in [5, 5.41) is 26.2. The molecule has 0 amide bonds. The average Bonchev–Trinajstić information content (AvgIpc) is 3.46. The summed E-state index contributed by atoms with van der Waals surface area (Å²) in [5.74, 6) is 0.680. The molecule has 0 atom stereocenters. The summed E-state index contributed by atoms with van der Waals surface area (Å²) in [4.78, 5) is 14.6. The van der Waals surface area contributed by atoms with E-state index in [0.717, 1.165) is 71.8 Å². The highest BCUT2D eigenvalue weighted by Gasteiger charge is 2.29. The minimum absolute atomic E-state index is 0.0146. The van der Waals surface area contributed by atoms with Gasteiger partial charge in [0, 0.05) is 43.0 Å². The van der Waals surface area contributed by atoms with E-state index in [1.807, 2.05) is 23.6 Å². The number of fused-ring (bicyclic) bond motifs is 1. The van der Waals surface area contributed by atoms with Crippen LogP contribution in [0.25, 0.3) is 28.1 Å². The number of aromatic nitrogens is 5. The van der Waals surface area contributed by atoms with E-state index in [0.29, 0.717) is 29.5 Å². The van der Waals surface area contributed by atoms with Gasteiger partial charge in [-0.2, -0.15) is 10.4 Å². The van der Waals surface area contributed by atoms with Crippen molar-refractivity contribution >= 4 is 32.7 Å². The van der Waals surface area contributed by atoms with Gasteiger partial charge in [-0.1, -0.05) is 6.07 Å². The number of H-pyrrole nitrogens is 1. The third-order valence-corrected chi connectivity index (χ3v) is 7.92. The van der Waals surface area contributed by atoms with E-state index in [1.54, 1.807) is 6.33 Å². The minimum Gasteiger partial charge on any atom is -0.396 e. The molecule has 2 aliphatic heterocycles. The molecule has 2 aliphatic rings. The molecular formula is C26H27BrN8O2. The largest absolute Gasteiger partial charge is 0.396 e. The number of nitrogens with one attached hydrogen (secondary N) is 1. The summed E-state index contributed by atoms with van der Waals surface area (Å²) in [6.45, 7) is 7.53. The van der Waals surface area contributed by atoms with Crippen LogP contribution in [-0.2, 0) is 11.2 Å². The lowest BCUT2D eigenvalue weighted by Crippen LogP contribution is -2.56. The number of ether oxygens (including phenoxy) is 1. The molecule has 0 unspecified atom stereocenters. The second-order valence-electron chi connectivity index (χ2n) is 9.46. The Morgan fingerprint density at radius 2 is 2.03 bits per heavy atom. The number of anilines is 1. The number of aliphatic hydroxyl groups excluding tert-OH is 1. The van der Waals surface area contributed by atoms with Gasteiger partial charge in [0.25, 0.3) is 0 Å². The van der Waals surface area contributed by atoms with Crippen molar-refractivity contribution in [2.75, 3.05) is 50.9 Å². The Morgan fingerprint density at radius 1 is 1.22 bits per heavy atom. The fraction of sp³-hybridized carbons (Fsp3) is 0.385. The van der Waals surface area contributed by atoms with Gasteiger partial charge < -0.3 is 14.7 Å². The molecule has 2 fully saturated rings. The Labute approximate surface area is 222 Å². The zero-order valence-corrected chi connectivity index (χ0v) is 22.1. The molecule has 1 aromatic carbocycles. The van der Waals surface area contributed by atoms with E-state index in [4.69, 9.17) is 14.7 Å². The number of hydrogen-bond donors (Lipinski definition) is 2. The lowest BCUT2D eigenvalue weighted by atomic mass is 10.0. The van der Waals surface area contributed by atoms with Crippen LogP contribution in [0.15, 0.2) is 35.1 Å². The van der Waals surface area contributed by atoms with Gasteiger partial charge in [-0.05, 0) is 53.0 Å². The molecule has 2 N–H and O–H groups in total. The highest BCUT2D eigenvalue weighted by Crippen LogP contribution is 2.34. The maximum Gasteiger partial charge on any atom is 0.171 e. The SMILES string of the molecule is Cc1[nH]nc(C#N)c1-c1nc(-n2cnc3cc(N4CCN(C5COC5)CC4)c(Br)cc32)ccc1CCO. The highest BCUT2D eigenvalue weighted by atomic mass is 79.9. The topological polar surface area (TPSA) is 119 Å². The molecule has 0 aliphatic carbocycles. The molecule has 190 valence electrons. The Kier molecular flexibility index (Phi) is 6.42. The fourth-order valence-electron chi connectivity index (χ4n) is 5.16. The standard InChI is InChI=1S/C26H27BrN8O2/c1-16-25(21(12-28)32-31-16)26-17(4-9-36)2-3-24(30-26)35-15-29-20-11-22(19(27)10-23(20)35)34-7-5-33(6-8-34)18-13-37-14-18/h2-3,10-11,15,18,36H,4-9,13-14H2,1H3,(H,31,32). The normalized spacial score (nSPS) is 16.8. The molecule has 4 aromatic rings. The molecule has 0 spiro atoms. The van der Waals surface area contributed by atoms with E-state index < -0.39 is 0 Å². The number of aromatic amines is 1. The van der Waals surface area contributed by atoms with E-state index in [2.05, 4.69) is 54.1 Å². The third-order valence-electron chi connectivity index (χ3n) is 7.29. The van der Waals surface area contributed by atoms with Crippen LogP contribution in [0.5, 0.6) is 0 Å². The van der Waals surface area contributed by atoms with Crippen molar-refractivity contribution in [2.45, 2.75) is 19.4 Å². The predicted octanol–water partition coefficient (Wildman–Crippen LogP) is 2.81. The van der Waals surface area contributed by atoms with Crippen LogP contribution in [0.2, 0.25) is 0 Å². The minimum atomic E-state index is -0.0146. The van der Waals surface area contributed by atoms with Crippen molar-refractivity contribution in [3.63, 3.8) is 0 Å². The molecule has 0 bridgehead atoms. The lowest BCUT2D eigenvalue weighted by Gasteiger charge is -2.43. The van der Waals surface area contributed by atoms with Crippen LogP contribution in [0.4, 0.5) is 5.69 Å². The third kappa shape index (κ3) is 4.30. The fourth-order valence-corrected chi connectivity index (χ4v) is 5.74. The Hall–Kier alpha value is -3.30. The van der Waals surface area contributed by atoms with E-state index >= 15 is 0 Å². The molecule has 2 saturated heterocycles. The van der Waals surface area contributed by atoms with Gasteiger partial charge in [0.1, 0.15) is 18.2 Å². The summed E-state index contributed by atoms with van der Waals surface area (Å²) < 4.78 is 8.32. The van der Waals surface area contributed by atoms with Crippen LogP contribution in [0.1, 0.15) is 17.0 Å². The number of imidazole rings is 1. The second-order valence-corrected chi connectivity index (χ2v) is 10.3. The molecular weight excluding hydrogens is 536 g/mol. The van der Waals surface area contributed by atoms with Gasteiger partial charge in [0.15, 0.2) is 5.69 Å². The van der Waals surface area contributed by atoms with Crippen molar-refractivity contribution in [1.82, 2.24) is 29.6 Å². The zero-order chi connectivity index (χ0) is 25.5. The molecule has 5 heterocycles. The first-order valence-electron chi connectivity index (χ1n) is 12.4. The zero-order valence-electron chi connectivity index (χ0n) is 20.5. The average molecular weight is 563 g/mol. The molecule has 0 radical (unpaired) electrons. The Balaban J connectivity index is 1.35. The summed E-state index contributed by atoms with van der Waals surface area (Å²) in [6.07, 6.45) is 2.21. The van der Waals surface area contributed by atoms with E-state index in [9.17, 15) is 10.4 Å². The maximum absolute atomic E-state index is 9.60. The number of rotatable bonds is 6. The molecule has 3 aromatic heterocycles. The summed E-state index contributed by atoms with van der Waals surface area (Å²) >= 11 is 3.81. The van der Waals surface area contributed by atoms with Crippen molar-refractivity contribution in [3.05, 3.63) is 52.0 Å². The Bertz CT molecular complexity index is 1490. The number of nitrogens with zero attached hydrogens (tertiary/aromatic N) is 7. The van der Waals surface area contributed by atoms with Gasteiger partial charge in [-0.3, -0.25) is 14.6 Å². The number of aliphatic hydroxyl groups is 1. The van der Waals surface area contributed by atoms with Crippen molar-refractivity contribution in [3.8, 4) is 23.1 Å². The Morgan fingerprint density at radius 3 is 2.73 bits per heavy atom. The number of piperazine rings is 1. The number of benzene rings is 1. The van der Waals surface area contributed by atoms with Gasteiger partial charge in [-0.15, -0.1) is 0 Å². The molecule has 10 nitrogen and oxygen atoms in total. The molecule has 37 heavy (non-hydrogen) atoms. The van der Waals surface area contributed by atoms with Crippen LogP contribution >= 0.6 is 15.9 Å². The van der Waals surface area contributed by atoms with Crippen molar-refractivity contribution in [2.24, 2.45) is 0 Å².